The SMILES string of the molecule is CC(COc1ccc(Br)c(C(F)(F)F)c1)CC1CCN(C(=O)OC(C)(C)C)CC1. The third-order valence-electron chi connectivity index (χ3n) is 4.78. The van der Waals surface area contributed by atoms with Gasteiger partial charge in [-0.25, -0.2) is 4.79 Å². The van der Waals surface area contributed by atoms with Gasteiger partial charge in [-0.05, 0) is 70.1 Å². The van der Waals surface area contributed by atoms with Crippen molar-refractivity contribution < 1.29 is 27.4 Å². The molecule has 1 aliphatic heterocycles. The van der Waals surface area contributed by atoms with Crippen LogP contribution in [0.5, 0.6) is 5.75 Å². The Morgan fingerprint density at radius 1 is 1.24 bits per heavy atom. The van der Waals surface area contributed by atoms with E-state index in [-0.39, 0.29) is 22.2 Å². The van der Waals surface area contributed by atoms with E-state index in [0.717, 1.165) is 25.3 Å². The number of hydrogen-bond acceptors (Lipinski definition) is 3. The van der Waals surface area contributed by atoms with Gasteiger partial charge >= 0.3 is 12.3 Å². The fraction of sp³-hybridized carbons (Fsp3) is 0.667. The number of alkyl halides is 3. The van der Waals surface area contributed by atoms with Crippen LogP contribution < -0.4 is 4.74 Å². The van der Waals surface area contributed by atoms with Crippen LogP contribution in [0.1, 0.15) is 52.5 Å². The summed E-state index contributed by atoms with van der Waals surface area (Å²) in [5.41, 5.74) is -1.24. The highest BCUT2D eigenvalue weighted by molar-refractivity contribution is 9.10. The molecule has 8 heteroatoms. The maximum atomic E-state index is 13.0. The van der Waals surface area contributed by atoms with E-state index in [2.05, 4.69) is 15.9 Å². The Hall–Kier alpha value is -1.44. The van der Waals surface area contributed by atoms with E-state index in [4.69, 9.17) is 9.47 Å². The average molecular weight is 480 g/mol. The number of likely N-dealkylation sites (tertiary alicyclic amines) is 1. The zero-order valence-electron chi connectivity index (χ0n) is 17.3. The van der Waals surface area contributed by atoms with Gasteiger partial charge in [0.2, 0.25) is 0 Å². The summed E-state index contributed by atoms with van der Waals surface area (Å²) in [5, 5.41) is 0. The van der Waals surface area contributed by atoms with Gasteiger partial charge in [0.05, 0.1) is 12.2 Å². The first kappa shape index (κ1) is 23.8. The molecule has 0 radical (unpaired) electrons. The number of carbonyl (C=O) groups excluding carboxylic acids is 1. The van der Waals surface area contributed by atoms with Crippen LogP contribution in [0.3, 0.4) is 0 Å². The summed E-state index contributed by atoms with van der Waals surface area (Å²) >= 11 is 2.93. The Morgan fingerprint density at radius 2 is 1.86 bits per heavy atom. The molecule has 29 heavy (non-hydrogen) atoms. The molecular formula is C21H29BrF3NO3. The summed E-state index contributed by atoms with van der Waals surface area (Å²) in [7, 11) is 0. The van der Waals surface area contributed by atoms with Crippen molar-refractivity contribution in [2.75, 3.05) is 19.7 Å². The van der Waals surface area contributed by atoms with Crippen molar-refractivity contribution in [2.45, 2.75) is 58.7 Å². The fourth-order valence-corrected chi connectivity index (χ4v) is 3.84. The van der Waals surface area contributed by atoms with Crippen LogP contribution in [0, 0.1) is 11.8 Å². The third kappa shape index (κ3) is 7.72. The Bertz CT molecular complexity index is 695. The van der Waals surface area contributed by atoms with Gasteiger partial charge in [0.15, 0.2) is 0 Å². The maximum Gasteiger partial charge on any atom is 0.417 e. The first-order valence-corrected chi connectivity index (χ1v) is 10.6. The van der Waals surface area contributed by atoms with E-state index >= 15 is 0 Å². The van der Waals surface area contributed by atoms with Crippen LogP contribution in [0.15, 0.2) is 22.7 Å². The molecule has 4 nitrogen and oxygen atoms in total. The molecule has 1 aliphatic rings. The van der Waals surface area contributed by atoms with Crippen LogP contribution >= 0.6 is 15.9 Å². The lowest BCUT2D eigenvalue weighted by atomic mass is 9.88. The molecule has 0 bridgehead atoms. The molecule has 0 N–H and O–H groups in total. The summed E-state index contributed by atoms with van der Waals surface area (Å²) in [6.07, 6.45) is -2.01. The number of carbonyl (C=O) groups is 1. The lowest BCUT2D eigenvalue weighted by Crippen LogP contribution is -2.42. The van der Waals surface area contributed by atoms with Crippen molar-refractivity contribution in [3.8, 4) is 5.75 Å². The first-order chi connectivity index (χ1) is 13.3. The standard InChI is InChI=1S/C21H29BrF3NO3/c1-14(13-28-16-5-6-18(22)17(12-16)21(23,24)25)11-15-7-9-26(10-8-15)19(27)29-20(2,3)4/h5-6,12,14-15H,7-11,13H2,1-4H3. The molecule has 1 aromatic carbocycles. The number of halogens is 4. The number of hydrogen-bond donors (Lipinski definition) is 0. The molecule has 1 amide bonds. The Kier molecular flexibility index (Phi) is 7.87. The molecule has 1 heterocycles. The second kappa shape index (κ2) is 9.58. The van der Waals surface area contributed by atoms with E-state index in [1.807, 2.05) is 27.7 Å². The highest BCUT2D eigenvalue weighted by Crippen LogP contribution is 2.37. The molecule has 0 aliphatic carbocycles. The van der Waals surface area contributed by atoms with Crippen LogP contribution in [-0.2, 0) is 10.9 Å². The van der Waals surface area contributed by atoms with Crippen molar-refractivity contribution in [1.29, 1.82) is 0 Å². The summed E-state index contributed by atoms with van der Waals surface area (Å²) < 4.78 is 50.0. The second-order valence-corrected chi connectivity index (χ2v) is 9.56. The van der Waals surface area contributed by atoms with E-state index < -0.39 is 17.3 Å². The minimum absolute atomic E-state index is 0.00199. The Morgan fingerprint density at radius 3 is 2.41 bits per heavy atom. The predicted molar refractivity (Wildman–Crippen MR) is 109 cm³/mol. The van der Waals surface area contributed by atoms with Crippen LogP contribution in [0.2, 0.25) is 0 Å². The quantitative estimate of drug-likeness (QED) is 0.482. The number of nitrogens with zero attached hydrogens (tertiary/aromatic N) is 1. The zero-order valence-corrected chi connectivity index (χ0v) is 18.9. The van der Waals surface area contributed by atoms with Crippen molar-refractivity contribution >= 4 is 22.0 Å². The normalized spacial score (nSPS) is 17.2. The fourth-order valence-electron chi connectivity index (χ4n) is 3.36. The number of rotatable bonds is 5. The van der Waals surface area contributed by atoms with Crippen molar-refractivity contribution in [3.63, 3.8) is 0 Å². The largest absolute Gasteiger partial charge is 0.493 e. The van der Waals surface area contributed by atoms with Gasteiger partial charge in [-0.2, -0.15) is 13.2 Å². The molecule has 1 aromatic rings. The van der Waals surface area contributed by atoms with Gasteiger partial charge < -0.3 is 14.4 Å². The van der Waals surface area contributed by atoms with Crippen LogP contribution in [0.25, 0.3) is 0 Å². The van der Waals surface area contributed by atoms with Gasteiger partial charge in [0, 0.05) is 17.6 Å². The van der Waals surface area contributed by atoms with Crippen molar-refractivity contribution in [2.24, 2.45) is 11.8 Å². The lowest BCUT2D eigenvalue weighted by molar-refractivity contribution is -0.138. The van der Waals surface area contributed by atoms with Crippen LogP contribution in [-0.4, -0.2) is 36.3 Å². The number of amides is 1. The molecule has 1 atom stereocenters. The number of ether oxygens (including phenoxy) is 2. The molecule has 164 valence electrons. The third-order valence-corrected chi connectivity index (χ3v) is 5.47. The summed E-state index contributed by atoms with van der Waals surface area (Å²) in [5.74, 6) is 0.876. The molecule has 2 rings (SSSR count). The number of piperidine rings is 1. The maximum absolute atomic E-state index is 13.0. The predicted octanol–water partition coefficient (Wildman–Crippen LogP) is 6.52. The van der Waals surface area contributed by atoms with Crippen LogP contribution in [0.4, 0.5) is 18.0 Å². The van der Waals surface area contributed by atoms with Gasteiger partial charge in [-0.1, -0.05) is 22.9 Å². The van der Waals surface area contributed by atoms with Gasteiger partial charge in [0.25, 0.3) is 0 Å². The Labute approximate surface area is 178 Å². The van der Waals surface area contributed by atoms with E-state index in [1.54, 1.807) is 4.90 Å². The average Bonchev–Trinajstić information content (AvgIpc) is 2.59. The molecule has 0 spiro atoms. The smallest absolute Gasteiger partial charge is 0.417 e. The van der Waals surface area contributed by atoms with Crippen molar-refractivity contribution in [1.82, 2.24) is 4.90 Å². The molecule has 1 saturated heterocycles. The van der Waals surface area contributed by atoms with Gasteiger partial charge in [0.1, 0.15) is 11.4 Å². The first-order valence-electron chi connectivity index (χ1n) is 9.82. The van der Waals surface area contributed by atoms with Gasteiger partial charge in [-0.15, -0.1) is 0 Å². The molecular weight excluding hydrogens is 451 g/mol. The minimum atomic E-state index is -4.42. The summed E-state index contributed by atoms with van der Waals surface area (Å²) in [6, 6.07) is 3.91. The van der Waals surface area contributed by atoms with E-state index in [0.29, 0.717) is 25.6 Å². The van der Waals surface area contributed by atoms with Crippen molar-refractivity contribution in [3.05, 3.63) is 28.2 Å². The summed E-state index contributed by atoms with van der Waals surface area (Å²) in [4.78, 5) is 13.9. The van der Waals surface area contributed by atoms with E-state index in [1.165, 1.54) is 12.1 Å². The highest BCUT2D eigenvalue weighted by Gasteiger charge is 2.33. The molecule has 0 saturated carbocycles. The highest BCUT2D eigenvalue weighted by atomic mass is 79.9. The number of benzene rings is 1. The minimum Gasteiger partial charge on any atom is -0.493 e. The lowest BCUT2D eigenvalue weighted by Gasteiger charge is -2.34. The zero-order chi connectivity index (χ0) is 21.8. The second-order valence-electron chi connectivity index (χ2n) is 8.70. The topological polar surface area (TPSA) is 38.8 Å². The summed E-state index contributed by atoms with van der Waals surface area (Å²) in [6.45, 7) is 9.26. The molecule has 1 unspecified atom stereocenters. The van der Waals surface area contributed by atoms with E-state index in [9.17, 15) is 18.0 Å². The monoisotopic (exact) mass is 479 g/mol. The molecule has 1 fully saturated rings. The molecule has 0 aromatic heterocycles. The van der Waals surface area contributed by atoms with Gasteiger partial charge in [-0.3, -0.25) is 0 Å². The Balaban J connectivity index is 1.78.